The Kier molecular flexibility index (Phi) is 7.21. The Morgan fingerprint density at radius 1 is 0.380 bits per heavy atom. The lowest BCUT2D eigenvalue weighted by Crippen LogP contribution is -2.17. The quantitative estimate of drug-likeness (QED) is 0.175. The summed E-state index contributed by atoms with van der Waals surface area (Å²) in [5.74, 6) is 0. The van der Waals surface area contributed by atoms with Crippen LogP contribution in [-0.2, 0) is 5.41 Å². The average molecular weight is 640 g/mol. The predicted molar refractivity (Wildman–Crippen MR) is 213 cm³/mol. The largest absolute Gasteiger partial charge is 0.309 e. The van der Waals surface area contributed by atoms with Gasteiger partial charge < -0.3 is 4.90 Å². The third kappa shape index (κ3) is 4.94. The molecule has 0 unspecified atom stereocenters. The summed E-state index contributed by atoms with van der Waals surface area (Å²) in [6.07, 6.45) is 0. The van der Waals surface area contributed by atoms with Gasteiger partial charge in [0.1, 0.15) is 0 Å². The molecule has 9 rings (SSSR count). The summed E-state index contributed by atoms with van der Waals surface area (Å²) >= 11 is 0. The van der Waals surface area contributed by atoms with Gasteiger partial charge in [-0.1, -0.05) is 172 Å². The topological polar surface area (TPSA) is 3.24 Å². The summed E-state index contributed by atoms with van der Waals surface area (Å²) in [6.45, 7) is 4.77. The summed E-state index contributed by atoms with van der Waals surface area (Å²) in [5, 5.41) is 2.44. The van der Waals surface area contributed by atoms with E-state index in [9.17, 15) is 0 Å². The van der Waals surface area contributed by atoms with Crippen LogP contribution in [0.4, 0.5) is 17.1 Å². The fourth-order valence-electron chi connectivity index (χ4n) is 7.96. The van der Waals surface area contributed by atoms with E-state index in [-0.39, 0.29) is 5.41 Å². The van der Waals surface area contributed by atoms with Crippen molar-refractivity contribution in [2.75, 3.05) is 4.90 Å². The van der Waals surface area contributed by atoms with Crippen LogP contribution in [0, 0.1) is 0 Å². The second-order valence-electron chi connectivity index (χ2n) is 13.7. The van der Waals surface area contributed by atoms with Crippen LogP contribution in [0.1, 0.15) is 25.0 Å². The van der Waals surface area contributed by atoms with E-state index in [0.717, 1.165) is 11.4 Å². The molecule has 1 aliphatic carbocycles. The number of benzene rings is 8. The molecule has 0 fully saturated rings. The Hall–Kier alpha value is -6.18. The normalized spacial score (nSPS) is 12.8. The zero-order valence-corrected chi connectivity index (χ0v) is 28.3. The van der Waals surface area contributed by atoms with Gasteiger partial charge in [0.15, 0.2) is 0 Å². The van der Waals surface area contributed by atoms with Crippen LogP contribution < -0.4 is 4.90 Å². The van der Waals surface area contributed by atoms with Crippen molar-refractivity contribution in [3.63, 3.8) is 0 Å². The molecule has 0 saturated heterocycles. The van der Waals surface area contributed by atoms with Gasteiger partial charge in [0.25, 0.3) is 0 Å². The van der Waals surface area contributed by atoms with Crippen LogP contribution in [0.5, 0.6) is 0 Å². The lowest BCUT2D eigenvalue weighted by atomic mass is 9.81. The van der Waals surface area contributed by atoms with Crippen molar-refractivity contribution in [2.24, 2.45) is 0 Å². The molecule has 0 atom stereocenters. The maximum absolute atomic E-state index is 2.49. The van der Waals surface area contributed by atoms with Gasteiger partial charge >= 0.3 is 0 Å². The molecule has 0 heterocycles. The molecule has 8 aromatic carbocycles. The van der Waals surface area contributed by atoms with Crippen LogP contribution >= 0.6 is 0 Å². The number of nitrogens with zero attached hydrogens (tertiary/aromatic N) is 1. The summed E-state index contributed by atoms with van der Waals surface area (Å²) < 4.78 is 0. The van der Waals surface area contributed by atoms with E-state index in [2.05, 4.69) is 207 Å². The highest BCUT2D eigenvalue weighted by molar-refractivity contribution is 6.03. The molecule has 50 heavy (non-hydrogen) atoms. The van der Waals surface area contributed by atoms with Crippen molar-refractivity contribution < 1.29 is 0 Å². The van der Waals surface area contributed by atoms with Gasteiger partial charge in [0.05, 0.1) is 11.4 Å². The van der Waals surface area contributed by atoms with Gasteiger partial charge in [-0.25, -0.2) is 0 Å². The van der Waals surface area contributed by atoms with E-state index in [1.165, 1.54) is 72.1 Å². The summed E-state index contributed by atoms with van der Waals surface area (Å²) in [7, 11) is 0. The molecule has 0 radical (unpaired) electrons. The van der Waals surface area contributed by atoms with Crippen molar-refractivity contribution in [3.8, 4) is 44.5 Å². The third-order valence-electron chi connectivity index (χ3n) is 10.5. The number of fused-ring (bicyclic) bond motifs is 4. The van der Waals surface area contributed by atoms with Crippen molar-refractivity contribution in [2.45, 2.75) is 19.3 Å². The maximum atomic E-state index is 2.49. The minimum atomic E-state index is -0.193. The minimum Gasteiger partial charge on any atom is -0.309 e. The highest BCUT2D eigenvalue weighted by Crippen LogP contribution is 2.56. The van der Waals surface area contributed by atoms with Gasteiger partial charge in [-0.3, -0.25) is 0 Å². The first kappa shape index (κ1) is 29.9. The van der Waals surface area contributed by atoms with Crippen LogP contribution in [0.2, 0.25) is 0 Å². The highest BCUT2D eigenvalue weighted by Gasteiger charge is 2.38. The van der Waals surface area contributed by atoms with Crippen molar-refractivity contribution in [1.82, 2.24) is 0 Å². The number of rotatable bonds is 6. The van der Waals surface area contributed by atoms with E-state index in [1.54, 1.807) is 0 Å². The Balaban J connectivity index is 1.34. The van der Waals surface area contributed by atoms with Crippen LogP contribution in [0.25, 0.3) is 55.3 Å². The Bertz CT molecular complexity index is 2470. The zero-order chi connectivity index (χ0) is 33.7. The molecule has 0 saturated carbocycles. The number of hydrogen-bond acceptors (Lipinski definition) is 1. The second-order valence-corrected chi connectivity index (χ2v) is 13.7. The van der Waals surface area contributed by atoms with Crippen molar-refractivity contribution in [3.05, 3.63) is 199 Å². The number of anilines is 3. The SMILES string of the molecule is CC1(C)c2cc(N(c3ccc(-c4ccccc4)cc3)c3cccc4ccccc34)c(-c3ccccc3)cc2-c2c(-c3ccccc3)cccc21. The van der Waals surface area contributed by atoms with Gasteiger partial charge in [-0.05, 0) is 85.8 Å². The molecular formula is C49H37N. The van der Waals surface area contributed by atoms with Crippen LogP contribution in [0.15, 0.2) is 188 Å². The molecule has 8 aromatic rings. The van der Waals surface area contributed by atoms with Crippen molar-refractivity contribution in [1.29, 1.82) is 0 Å². The monoisotopic (exact) mass is 639 g/mol. The summed E-state index contributed by atoms with van der Waals surface area (Å²) in [5.41, 5.74) is 16.0. The Morgan fingerprint density at radius 2 is 0.940 bits per heavy atom. The van der Waals surface area contributed by atoms with Crippen LogP contribution in [0.3, 0.4) is 0 Å². The molecule has 0 bridgehead atoms. The molecule has 1 nitrogen and oxygen atoms in total. The first-order chi connectivity index (χ1) is 24.6. The molecule has 0 amide bonds. The minimum absolute atomic E-state index is 0.193. The highest BCUT2D eigenvalue weighted by atomic mass is 15.1. The average Bonchev–Trinajstić information content (AvgIpc) is 3.41. The molecule has 238 valence electrons. The van der Waals surface area contributed by atoms with Gasteiger partial charge in [-0.15, -0.1) is 0 Å². The summed E-state index contributed by atoms with van der Waals surface area (Å²) in [4.78, 5) is 2.48. The molecular weight excluding hydrogens is 603 g/mol. The maximum Gasteiger partial charge on any atom is 0.0543 e. The molecule has 0 aliphatic heterocycles. The molecule has 0 N–H and O–H groups in total. The lowest BCUT2D eigenvalue weighted by Gasteiger charge is -2.31. The number of hydrogen-bond donors (Lipinski definition) is 0. The third-order valence-corrected chi connectivity index (χ3v) is 10.5. The van der Waals surface area contributed by atoms with Crippen molar-refractivity contribution >= 4 is 27.8 Å². The van der Waals surface area contributed by atoms with Gasteiger partial charge in [0.2, 0.25) is 0 Å². The first-order valence-electron chi connectivity index (χ1n) is 17.4. The summed E-state index contributed by atoms with van der Waals surface area (Å²) in [6, 6.07) is 68.6. The smallest absolute Gasteiger partial charge is 0.0543 e. The first-order valence-corrected chi connectivity index (χ1v) is 17.4. The lowest BCUT2D eigenvalue weighted by molar-refractivity contribution is 0.660. The standard InChI is InChI=1S/C49H37N/c1-49(2)44-26-15-25-41(37-18-8-4-9-19-37)48(44)43-32-42(38-20-10-5-11-21-38)47(33-45(43)49)50(46-27-14-23-36-22-12-13-24-40(36)46)39-30-28-35(29-31-39)34-16-6-3-7-17-34/h3-33H,1-2H3. The fourth-order valence-corrected chi connectivity index (χ4v) is 7.96. The van der Waals surface area contributed by atoms with E-state index >= 15 is 0 Å². The van der Waals surface area contributed by atoms with E-state index < -0.39 is 0 Å². The zero-order valence-electron chi connectivity index (χ0n) is 28.3. The molecule has 1 aliphatic rings. The van der Waals surface area contributed by atoms with E-state index in [0.29, 0.717) is 0 Å². The van der Waals surface area contributed by atoms with Crippen LogP contribution in [-0.4, -0.2) is 0 Å². The Labute approximate surface area is 294 Å². The predicted octanol–water partition coefficient (Wildman–Crippen LogP) is 13.6. The Morgan fingerprint density at radius 3 is 1.64 bits per heavy atom. The van der Waals surface area contributed by atoms with E-state index in [1.807, 2.05) is 0 Å². The molecule has 0 spiro atoms. The molecule has 1 heteroatoms. The van der Waals surface area contributed by atoms with E-state index in [4.69, 9.17) is 0 Å². The second kappa shape index (κ2) is 12.1. The molecule has 0 aromatic heterocycles. The van der Waals surface area contributed by atoms with Gasteiger partial charge in [-0.2, -0.15) is 0 Å². The fraction of sp³-hybridized carbons (Fsp3) is 0.0612. The van der Waals surface area contributed by atoms with Gasteiger partial charge in [0, 0.05) is 22.1 Å².